The Morgan fingerprint density at radius 3 is 1.63 bits per heavy atom. The predicted octanol–water partition coefficient (Wildman–Crippen LogP) is 12.9. The number of rotatable bonds is 6. The van der Waals surface area contributed by atoms with Crippen molar-refractivity contribution in [2.75, 3.05) is 0 Å². The van der Waals surface area contributed by atoms with Crippen molar-refractivity contribution in [3.05, 3.63) is 231 Å². The molecule has 0 atom stereocenters. The smallest absolute Gasteiger partial charge is 0.280 e. The molecule has 0 spiro atoms. The lowest BCUT2D eigenvalue weighted by atomic mass is 10.1. The molecule has 0 N–H and O–H groups in total. The van der Waals surface area contributed by atoms with Gasteiger partial charge in [-0.15, -0.1) is 11.3 Å². The molecule has 6 heterocycles. The zero-order chi connectivity index (χ0) is 44.5. The highest BCUT2D eigenvalue weighted by atomic mass is 32.1. The molecule has 318 valence electrons. The number of imidazole rings is 2. The molecule has 0 radical (unpaired) electrons. The first kappa shape index (κ1) is 37.6. The van der Waals surface area contributed by atoms with Crippen molar-refractivity contribution in [1.29, 1.82) is 0 Å². The van der Waals surface area contributed by atoms with Crippen LogP contribution in [0.15, 0.2) is 231 Å². The second-order valence-corrected chi connectivity index (χ2v) is 22.3. The van der Waals surface area contributed by atoms with Gasteiger partial charge in [0, 0.05) is 53.6 Å². The topological polar surface area (TPSA) is 45.0 Å². The van der Waals surface area contributed by atoms with E-state index in [2.05, 4.69) is 242 Å². The summed E-state index contributed by atoms with van der Waals surface area (Å²) in [6.07, 6.45) is 2.03. The van der Waals surface area contributed by atoms with E-state index in [-0.39, 0.29) is 0 Å². The minimum Gasteiger partial charge on any atom is -0.323 e. The van der Waals surface area contributed by atoms with Crippen LogP contribution in [0.5, 0.6) is 0 Å². The van der Waals surface area contributed by atoms with Gasteiger partial charge in [0.15, 0.2) is 0 Å². The summed E-state index contributed by atoms with van der Waals surface area (Å²) in [4.78, 5) is 11.5. The van der Waals surface area contributed by atoms with Crippen LogP contribution in [0.4, 0.5) is 0 Å². The Kier molecular flexibility index (Phi) is 7.87. The number of hydrogen-bond donors (Lipinski definition) is 0. The van der Waals surface area contributed by atoms with E-state index in [1.807, 2.05) is 17.5 Å². The van der Waals surface area contributed by atoms with Gasteiger partial charge in [-0.25, -0.2) is 4.98 Å². The first-order valence-electron chi connectivity index (χ1n) is 23.1. The van der Waals surface area contributed by atoms with Gasteiger partial charge in [-0.2, -0.15) is 0 Å². The maximum absolute atomic E-state index is 5.93. The molecule has 0 aliphatic carbocycles. The third kappa shape index (κ3) is 4.99. The minimum absolute atomic E-state index is 0.890. The summed E-state index contributed by atoms with van der Waals surface area (Å²) >= 11 is 1.84. The third-order valence-electron chi connectivity index (χ3n) is 14.3. The normalized spacial score (nSPS) is 12.4. The van der Waals surface area contributed by atoms with Crippen molar-refractivity contribution in [3.63, 3.8) is 0 Å². The Labute approximate surface area is 394 Å². The van der Waals surface area contributed by atoms with E-state index in [9.17, 15) is 0 Å². The van der Waals surface area contributed by atoms with Crippen molar-refractivity contribution in [3.8, 4) is 11.4 Å². The van der Waals surface area contributed by atoms with E-state index in [0.717, 1.165) is 55.6 Å². The van der Waals surface area contributed by atoms with E-state index < -0.39 is 8.24 Å². The third-order valence-corrected chi connectivity index (χ3v) is 19.9. The molecule has 0 saturated carbocycles. The fourth-order valence-electron chi connectivity index (χ4n) is 11.6. The van der Waals surface area contributed by atoms with E-state index in [4.69, 9.17) is 9.97 Å². The van der Waals surface area contributed by atoms with Crippen LogP contribution in [0.25, 0.3) is 103 Å². The molecule has 15 rings (SSSR count). The molecule has 0 aliphatic rings. The molecule has 0 unspecified atom stereocenters. The van der Waals surface area contributed by atoms with Crippen LogP contribution in [0.2, 0.25) is 0 Å². The van der Waals surface area contributed by atoms with E-state index in [1.165, 1.54) is 63.1 Å². The van der Waals surface area contributed by atoms with Gasteiger partial charge >= 0.3 is 0 Å². The van der Waals surface area contributed by atoms with E-state index in [1.54, 1.807) is 0 Å². The molecule has 68 heavy (non-hydrogen) atoms. The van der Waals surface area contributed by atoms with Gasteiger partial charge in [0.1, 0.15) is 5.52 Å². The van der Waals surface area contributed by atoms with Crippen molar-refractivity contribution in [2.45, 2.75) is 0 Å². The molecule has 15 aromatic rings. The highest BCUT2D eigenvalue weighted by Crippen LogP contribution is 2.40. The Hall–Kier alpha value is -8.56. The second kappa shape index (κ2) is 14.2. The van der Waals surface area contributed by atoms with Crippen LogP contribution in [0, 0.1) is 0 Å². The lowest BCUT2D eigenvalue weighted by Crippen LogP contribution is -2.73. The number of aromatic nitrogens is 6. The maximum Gasteiger partial charge on any atom is 0.280 e. The lowest BCUT2D eigenvalue weighted by molar-refractivity contribution is 1.16. The van der Waals surface area contributed by atoms with Gasteiger partial charge in [-0.05, 0) is 83.2 Å². The monoisotopic (exact) mass is 902 g/mol. The maximum atomic E-state index is 5.93. The van der Waals surface area contributed by atoms with Crippen LogP contribution in [-0.2, 0) is 0 Å². The molecule has 0 aliphatic heterocycles. The summed E-state index contributed by atoms with van der Waals surface area (Å²) < 4.78 is 12.4. The summed E-state index contributed by atoms with van der Waals surface area (Å²) in [5, 5.41) is 10.9. The molecule has 9 aromatic carbocycles. The Balaban J connectivity index is 1.06. The lowest BCUT2D eigenvalue weighted by Gasteiger charge is -2.34. The standard InChI is InChI=1S/C60H38N6SSi/c1-3-18-40(19-4-1)68(41-20-5-2-6-21-41,59-57-45-25-10-16-33-55(45)67-56(57)36-37-61-59)66-52-30-15-14-29-51(52)65-54-32-17-31-53(58(54)62-60(65)66)64-49-28-13-9-24-44(49)46-38-39(34-35-50(46)64)63-47-26-11-7-22-42(47)43-23-8-12-27-48(43)63/h1-38H. The number of benzene rings is 9. The van der Waals surface area contributed by atoms with Gasteiger partial charge in [0.2, 0.25) is 5.78 Å². The van der Waals surface area contributed by atoms with Gasteiger partial charge < -0.3 is 13.4 Å². The van der Waals surface area contributed by atoms with Gasteiger partial charge in [0.25, 0.3) is 8.24 Å². The van der Waals surface area contributed by atoms with E-state index >= 15 is 0 Å². The number of para-hydroxylation sites is 6. The van der Waals surface area contributed by atoms with Gasteiger partial charge in [-0.1, -0.05) is 152 Å². The Morgan fingerprint density at radius 1 is 0.397 bits per heavy atom. The number of thiophene rings is 1. The molecule has 0 amide bonds. The van der Waals surface area contributed by atoms with Gasteiger partial charge in [0.05, 0.1) is 49.6 Å². The van der Waals surface area contributed by atoms with Crippen LogP contribution in [0.1, 0.15) is 0 Å². The molecule has 0 fully saturated rings. The summed E-state index contributed by atoms with van der Waals surface area (Å²) in [6.45, 7) is 0. The quantitative estimate of drug-likeness (QED) is 0.156. The fraction of sp³-hybridized carbons (Fsp3) is 0. The first-order chi connectivity index (χ1) is 33.8. The average Bonchev–Trinajstić information content (AvgIpc) is 4.21. The van der Waals surface area contributed by atoms with Crippen LogP contribution >= 0.6 is 11.3 Å². The van der Waals surface area contributed by atoms with Crippen molar-refractivity contribution in [1.82, 2.24) is 27.7 Å². The van der Waals surface area contributed by atoms with Gasteiger partial charge in [-0.3, -0.25) is 9.38 Å². The SMILES string of the molecule is c1ccc([Si](c2ccccc2)(c2nccc3sc4ccccc4c23)n2c3ccccc3n3c4cccc(-n5c6ccccc6c6cc(-n7c8ccccc8c8ccccc87)ccc65)c4nc23)cc1. The number of hydrogen-bond acceptors (Lipinski definition) is 3. The summed E-state index contributed by atoms with van der Waals surface area (Å²) in [5.41, 5.74) is 11.0. The number of fused-ring (bicyclic) bond motifs is 14. The molecule has 0 saturated heterocycles. The minimum atomic E-state index is -3.41. The molecular formula is C60H38N6SSi. The Morgan fingerprint density at radius 2 is 0.941 bits per heavy atom. The number of pyridine rings is 1. The Bertz CT molecular complexity index is 4430. The highest BCUT2D eigenvalue weighted by molar-refractivity contribution is 7.26. The van der Waals surface area contributed by atoms with Crippen molar-refractivity contribution >= 4 is 127 Å². The first-order valence-corrected chi connectivity index (χ1v) is 25.8. The fourth-order valence-corrected chi connectivity index (χ4v) is 17.6. The van der Waals surface area contributed by atoms with Crippen LogP contribution in [-0.4, -0.2) is 36.0 Å². The van der Waals surface area contributed by atoms with Crippen LogP contribution in [0.3, 0.4) is 0 Å². The van der Waals surface area contributed by atoms with E-state index in [0.29, 0.717) is 0 Å². The number of nitrogens with zero attached hydrogens (tertiary/aromatic N) is 6. The molecule has 6 aromatic heterocycles. The predicted molar refractivity (Wildman–Crippen MR) is 287 cm³/mol. The zero-order valence-electron chi connectivity index (χ0n) is 36.5. The summed E-state index contributed by atoms with van der Waals surface area (Å²) in [6, 6.07) is 82.0. The van der Waals surface area contributed by atoms with Crippen LogP contribution < -0.4 is 15.7 Å². The van der Waals surface area contributed by atoms with Crippen molar-refractivity contribution in [2.24, 2.45) is 0 Å². The molecule has 8 heteroatoms. The molecular weight excluding hydrogens is 865 g/mol. The molecule has 0 bridgehead atoms. The highest BCUT2D eigenvalue weighted by Gasteiger charge is 2.48. The zero-order valence-corrected chi connectivity index (χ0v) is 38.3. The molecule has 6 nitrogen and oxygen atoms in total. The summed E-state index contributed by atoms with van der Waals surface area (Å²) in [7, 11) is -3.41. The average molecular weight is 903 g/mol. The van der Waals surface area contributed by atoms with Crippen molar-refractivity contribution < 1.29 is 0 Å². The summed E-state index contributed by atoms with van der Waals surface area (Å²) in [5.74, 6) is 0.890. The second-order valence-electron chi connectivity index (χ2n) is 17.7. The largest absolute Gasteiger partial charge is 0.323 e.